The number of hydrogen-bond donors (Lipinski definition) is 5. The number of amides is 2. The van der Waals surface area contributed by atoms with Crippen molar-refractivity contribution in [1.29, 1.82) is 0 Å². The number of phenolic OH excluding ortho intramolecular Hbond substituents is 1. The molecular weight excluding hydrogens is 878 g/mol. The molecule has 0 aliphatic heterocycles. The molecule has 12 nitrogen and oxygen atoms in total. The fourth-order valence-electron chi connectivity index (χ4n) is 8.55. The Morgan fingerprint density at radius 1 is 0.791 bits per heavy atom. The lowest BCUT2D eigenvalue weighted by atomic mass is 10.0. The number of nitrogens with zero attached hydrogens (tertiary/aromatic N) is 3. The maximum atomic E-state index is 13.7. The summed E-state index contributed by atoms with van der Waals surface area (Å²) >= 11 is 6.13. The highest BCUT2D eigenvalue weighted by atomic mass is 35.5. The molecule has 6 aromatic rings. The first-order valence-corrected chi connectivity index (χ1v) is 22.7. The highest BCUT2D eigenvalue weighted by Gasteiger charge is 2.29. The molecule has 8 rings (SSSR count). The number of rotatable bonds is 12. The van der Waals surface area contributed by atoms with E-state index in [-0.39, 0.29) is 36.3 Å². The van der Waals surface area contributed by atoms with Gasteiger partial charge in [-0.15, -0.1) is 0 Å². The number of fused-ring (bicyclic) bond motifs is 2. The number of aryl methyl sites for hydroxylation is 1. The number of methoxy groups -OCH3 is 1. The number of nitrogens with one attached hydrogen (secondary N) is 3. The molecule has 67 heavy (non-hydrogen) atoms. The number of carbonyl (C=O) groups is 3. The number of hydrogen-bond acceptors (Lipinski definition) is 8. The zero-order valence-electron chi connectivity index (χ0n) is 37.3. The summed E-state index contributed by atoms with van der Waals surface area (Å²) in [5, 5.41) is 37.5. The molecule has 0 bridgehead atoms. The number of aliphatic hydroxyl groups is 1. The number of aromatic hydroxyl groups is 1. The molecule has 0 unspecified atom stereocenters. The van der Waals surface area contributed by atoms with E-state index >= 15 is 0 Å². The van der Waals surface area contributed by atoms with Gasteiger partial charge in [-0.3, -0.25) is 19.4 Å². The zero-order chi connectivity index (χ0) is 47.5. The Kier molecular flexibility index (Phi) is 16.2. The molecule has 2 amide bonds. The van der Waals surface area contributed by atoms with Gasteiger partial charge < -0.3 is 25.6 Å². The lowest BCUT2D eigenvalue weighted by Gasteiger charge is -2.16. The van der Waals surface area contributed by atoms with Crippen molar-refractivity contribution in [3.05, 3.63) is 170 Å². The summed E-state index contributed by atoms with van der Waals surface area (Å²) in [6.07, 6.45) is 11.5. The Morgan fingerprint density at radius 2 is 1.42 bits per heavy atom. The first-order valence-electron chi connectivity index (χ1n) is 22.3. The third-order valence-corrected chi connectivity index (χ3v) is 12.0. The highest BCUT2D eigenvalue weighted by molar-refractivity contribution is 6.30. The average Bonchev–Trinajstić information content (AvgIpc) is 3.74. The Hall–Kier alpha value is -6.90. The van der Waals surface area contributed by atoms with Gasteiger partial charge in [0.25, 0.3) is 11.8 Å². The van der Waals surface area contributed by atoms with Crippen LogP contribution in [0.5, 0.6) is 5.75 Å². The first-order chi connectivity index (χ1) is 32.4. The van der Waals surface area contributed by atoms with Gasteiger partial charge in [0.05, 0.1) is 31.1 Å². The number of ether oxygens (including phenoxy) is 1. The number of H-pyrrole nitrogens is 1. The van der Waals surface area contributed by atoms with Gasteiger partial charge in [0.1, 0.15) is 29.1 Å². The Labute approximate surface area is 392 Å². The molecule has 0 saturated carbocycles. The monoisotopic (exact) mass is 930 g/mol. The third kappa shape index (κ3) is 12.5. The largest absolute Gasteiger partial charge is 0.508 e. The van der Waals surface area contributed by atoms with Crippen LogP contribution < -0.4 is 10.6 Å². The average molecular weight is 931 g/mol. The van der Waals surface area contributed by atoms with Crippen LogP contribution in [-0.2, 0) is 42.3 Å². The van der Waals surface area contributed by atoms with Crippen LogP contribution >= 0.6 is 11.6 Å². The van der Waals surface area contributed by atoms with Crippen molar-refractivity contribution in [2.24, 2.45) is 7.05 Å². The summed E-state index contributed by atoms with van der Waals surface area (Å²) in [7, 11) is 3.08. The first kappa shape index (κ1) is 48.0. The van der Waals surface area contributed by atoms with Crippen LogP contribution in [-0.4, -0.2) is 73.8 Å². The van der Waals surface area contributed by atoms with E-state index in [1.807, 2.05) is 49.5 Å². The van der Waals surface area contributed by atoms with Crippen LogP contribution in [0, 0.1) is 11.6 Å². The van der Waals surface area contributed by atoms with Crippen molar-refractivity contribution in [2.75, 3.05) is 13.7 Å². The highest BCUT2D eigenvalue weighted by Crippen LogP contribution is 2.34. The van der Waals surface area contributed by atoms with Gasteiger partial charge in [0.2, 0.25) is 0 Å². The van der Waals surface area contributed by atoms with E-state index in [1.165, 1.54) is 31.4 Å². The van der Waals surface area contributed by atoms with Gasteiger partial charge >= 0.3 is 5.97 Å². The molecule has 2 aliphatic rings. The molecule has 0 spiro atoms. The number of allylic oxidation sites excluding steroid dienone is 2. The number of halogens is 3. The summed E-state index contributed by atoms with van der Waals surface area (Å²) in [6, 6.07) is 25.1. The maximum Gasteiger partial charge on any atom is 0.328 e. The van der Waals surface area contributed by atoms with Crippen LogP contribution in [0.15, 0.2) is 97.1 Å². The molecule has 0 radical (unpaired) electrons. The second kappa shape index (κ2) is 22.5. The zero-order valence-corrected chi connectivity index (χ0v) is 38.1. The molecule has 2 atom stereocenters. The maximum absolute atomic E-state index is 13.7. The normalized spacial score (nSPS) is 15.5. The number of aliphatic hydroxyl groups excluding tert-OH is 1. The van der Waals surface area contributed by atoms with Crippen LogP contribution in [0.1, 0.15) is 104 Å². The summed E-state index contributed by atoms with van der Waals surface area (Å²) in [5.41, 5.74) is 9.48. The minimum absolute atomic E-state index is 0.168. The third-order valence-electron chi connectivity index (χ3n) is 11.8. The molecule has 2 aromatic heterocycles. The minimum Gasteiger partial charge on any atom is -0.508 e. The van der Waals surface area contributed by atoms with E-state index in [0.29, 0.717) is 34.8 Å². The van der Waals surface area contributed by atoms with Crippen molar-refractivity contribution >= 4 is 52.7 Å². The van der Waals surface area contributed by atoms with Crippen molar-refractivity contribution in [3.8, 4) is 5.75 Å². The summed E-state index contributed by atoms with van der Waals surface area (Å²) in [6.45, 7) is -0.216. The van der Waals surface area contributed by atoms with Crippen LogP contribution in [0.4, 0.5) is 8.78 Å². The molecule has 0 saturated heterocycles. The van der Waals surface area contributed by atoms with Crippen LogP contribution in [0.25, 0.3) is 23.3 Å². The number of phenols is 1. The molecule has 15 heteroatoms. The molecule has 0 fully saturated rings. The fourth-order valence-corrected chi connectivity index (χ4v) is 8.75. The number of esters is 1. The molecule has 5 N–H and O–H groups in total. The Morgan fingerprint density at radius 3 is 2.10 bits per heavy atom. The fraction of sp³-hybridized carbons (Fsp3) is 0.288. The molecule has 348 valence electrons. The van der Waals surface area contributed by atoms with E-state index in [1.54, 1.807) is 47.1 Å². The molecular formula is C52H53ClF2N6O6. The van der Waals surface area contributed by atoms with Crippen molar-refractivity contribution < 1.29 is 38.1 Å². The number of aromatic nitrogens is 4. The molecule has 4 aromatic carbocycles. The number of benzene rings is 4. The predicted molar refractivity (Wildman–Crippen MR) is 254 cm³/mol. The minimum atomic E-state index is -0.922. The SMILES string of the molecule is COC(=O)[C@@H](Cc1ccc(F)cc1)NC(=O)c1[nH]nc2c1CCCC/C2=C\c1cccc(Cl)c1.Cn1nc(C(=O)N[C@H](CO)Cc2ccc(O)cc2)c2c1/C(=C/c1cccc(F)c1)CCCC2. The van der Waals surface area contributed by atoms with Gasteiger partial charge in [0, 0.05) is 29.6 Å². The van der Waals surface area contributed by atoms with E-state index in [9.17, 15) is 33.4 Å². The van der Waals surface area contributed by atoms with Gasteiger partial charge in [-0.25, -0.2) is 13.6 Å². The van der Waals surface area contributed by atoms with E-state index in [4.69, 9.17) is 16.3 Å². The predicted octanol–water partition coefficient (Wildman–Crippen LogP) is 8.85. The Bertz CT molecular complexity index is 2770. The summed E-state index contributed by atoms with van der Waals surface area (Å²) in [4.78, 5) is 38.7. The van der Waals surface area contributed by atoms with Crippen molar-refractivity contribution in [1.82, 2.24) is 30.6 Å². The van der Waals surface area contributed by atoms with Gasteiger partial charge in [0.15, 0.2) is 5.69 Å². The van der Waals surface area contributed by atoms with Crippen LogP contribution in [0.3, 0.4) is 0 Å². The van der Waals surface area contributed by atoms with E-state index in [0.717, 1.165) is 95.3 Å². The van der Waals surface area contributed by atoms with Crippen LogP contribution in [0.2, 0.25) is 5.02 Å². The lowest BCUT2D eigenvalue weighted by Crippen LogP contribution is -2.43. The second-order valence-electron chi connectivity index (χ2n) is 16.7. The smallest absolute Gasteiger partial charge is 0.328 e. The standard InChI is InChI=1S/C26H25ClFN3O3.C26H28FN3O3/c1-34-26(33)22(15-16-9-11-20(28)12-10-16)29-25(32)24-21-8-3-2-6-18(23(21)30-31-24)13-17-5-4-7-19(27)14-17;1-30-25-19(13-18-5-4-7-20(27)14-18)6-2-3-8-23(25)24(29-30)26(33)28-21(16-31)15-17-9-11-22(32)12-10-17/h4-5,7,9-14,22H,2-3,6,8,15H2,1H3,(H,29,32)(H,30,31);4-5,7,9-14,21,31-32H,2-3,6,8,15-16H2,1H3,(H,28,33)/b18-13+;19-13+/t22-;21-/m10/s1. The van der Waals surface area contributed by atoms with Gasteiger partial charge in [-0.1, -0.05) is 60.1 Å². The van der Waals surface area contributed by atoms with E-state index in [2.05, 4.69) is 25.9 Å². The quantitative estimate of drug-likeness (QED) is 0.0599. The second-order valence-corrected chi connectivity index (χ2v) is 17.1. The Balaban J connectivity index is 0.000000199. The van der Waals surface area contributed by atoms with Gasteiger partial charge in [-0.05, 0) is 152 Å². The topological polar surface area (TPSA) is 171 Å². The molecule has 2 heterocycles. The van der Waals surface area contributed by atoms with Crippen molar-refractivity contribution in [2.45, 2.75) is 76.3 Å². The molecule has 2 aliphatic carbocycles. The number of aromatic amines is 1. The number of carbonyl (C=O) groups excluding carboxylic acids is 3. The lowest BCUT2D eigenvalue weighted by molar-refractivity contribution is -0.142. The van der Waals surface area contributed by atoms with E-state index < -0.39 is 24.0 Å². The summed E-state index contributed by atoms with van der Waals surface area (Å²) in [5.74, 6) is -1.82. The van der Waals surface area contributed by atoms with Crippen molar-refractivity contribution in [3.63, 3.8) is 0 Å². The summed E-state index contributed by atoms with van der Waals surface area (Å²) < 4.78 is 33.5. The van der Waals surface area contributed by atoms with Gasteiger partial charge in [-0.2, -0.15) is 10.2 Å².